The van der Waals surface area contributed by atoms with Gasteiger partial charge in [-0.3, -0.25) is 20.2 Å². The Hall–Kier alpha value is -3.38. The average molecular weight is 533 g/mol. The lowest BCUT2D eigenvalue weighted by molar-refractivity contribution is -0.384. The fourth-order valence-electron chi connectivity index (χ4n) is 2.84. The first kappa shape index (κ1) is 24.3. The van der Waals surface area contributed by atoms with Gasteiger partial charge in [0.05, 0.1) is 4.92 Å². The number of non-ortho nitro benzene ring substituents is 1. The number of carbonyl (C=O) groups excluding carboxylic acids is 2. The van der Waals surface area contributed by atoms with Gasteiger partial charge in [-0.1, -0.05) is 59.7 Å². The Balaban J connectivity index is 1.65. The molecule has 172 valence electrons. The Morgan fingerprint density at radius 1 is 1.09 bits per heavy atom. The van der Waals surface area contributed by atoms with Crippen LogP contribution in [0.4, 0.5) is 21.3 Å². The van der Waals surface area contributed by atoms with E-state index >= 15 is 0 Å². The number of urea groups is 1. The summed E-state index contributed by atoms with van der Waals surface area (Å²) in [5, 5.41) is 27.9. The second-order valence-corrected chi connectivity index (χ2v) is 9.07. The Morgan fingerprint density at radius 3 is 2.36 bits per heavy atom. The number of nitrogens with one attached hydrogen (secondary N) is 3. The third-order valence-corrected chi connectivity index (χ3v) is 6.28. The molecule has 3 aromatic rings. The molecule has 10 nitrogen and oxygen atoms in total. The topological polar surface area (TPSA) is 139 Å². The molecule has 0 radical (unpaired) electrons. The van der Waals surface area contributed by atoms with E-state index < -0.39 is 22.9 Å². The van der Waals surface area contributed by atoms with Crippen LogP contribution >= 0.6 is 27.3 Å². The van der Waals surface area contributed by atoms with E-state index in [1.165, 1.54) is 35.6 Å². The SMILES string of the molecule is CCC(C)C(NC(=O)Nc1ccc([N+](=O)[O-])cc1)C(=O)Nc1nnc(-c2ccc(Br)cc2)s1. The summed E-state index contributed by atoms with van der Waals surface area (Å²) < 4.78 is 0.943. The number of halogens is 1. The maximum absolute atomic E-state index is 12.9. The average Bonchev–Trinajstić information content (AvgIpc) is 3.26. The van der Waals surface area contributed by atoms with Crippen LogP contribution in [0.5, 0.6) is 0 Å². The van der Waals surface area contributed by atoms with Crippen LogP contribution < -0.4 is 16.0 Å². The highest BCUT2D eigenvalue weighted by molar-refractivity contribution is 9.10. The van der Waals surface area contributed by atoms with Crippen molar-refractivity contribution in [2.75, 3.05) is 10.6 Å². The monoisotopic (exact) mass is 532 g/mol. The van der Waals surface area contributed by atoms with Crippen LogP contribution in [0.3, 0.4) is 0 Å². The first-order valence-corrected chi connectivity index (χ1v) is 11.6. The smallest absolute Gasteiger partial charge is 0.319 e. The molecule has 2 atom stereocenters. The van der Waals surface area contributed by atoms with Crippen molar-refractivity contribution in [3.8, 4) is 10.6 Å². The third kappa shape index (κ3) is 6.56. The van der Waals surface area contributed by atoms with Gasteiger partial charge in [0.15, 0.2) is 0 Å². The Kier molecular flexibility index (Phi) is 8.06. The summed E-state index contributed by atoms with van der Waals surface area (Å²) in [4.78, 5) is 35.6. The van der Waals surface area contributed by atoms with Crippen LogP contribution in [0.1, 0.15) is 20.3 Å². The van der Waals surface area contributed by atoms with Crippen molar-refractivity contribution < 1.29 is 14.5 Å². The summed E-state index contributed by atoms with van der Waals surface area (Å²) in [7, 11) is 0. The Labute approximate surface area is 202 Å². The molecule has 0 saturated heterocycles. The number of anilines is 2. The van der Waals surface area contributed by atoms with Crippen molar-refractivity contribution in [3.05, 3.63) is 63.1 Å². The lowest BCUT2D eigenvalue weighted by atomic mass is 9.98. The van der Waals surface area contributed by atoms with E-state index in [4.69, 9.17) is 0 Å². The normalized spacial score (nSPS) is 12.5. The van der Waals surface area contributed by atoms with E-state index in [1.54, 1.807) is 0 Å². The number of benzene rings is 2. The summed E-state index contributed by atoms with van der Waals surface area (Å²) in [6, 6.07) is 11.5. The standard InChI is InChI=1S/C21H21BrN6O4S/c1-3-12(2)17(24-20(30)23-15-8-10-16(11-9-15)28(31)32)18(29)25-21-27-26-19(33-21)13-4-6-14(22)7-5-13/h4-12,17H,3H2,1-2H3,(H2,23,24,30)(H,25,27,29). The third-order valence-electron chi connectivity index (χ3n) is 4.86. The van der Waals surface area contributed by atoms with E-state index in [0.29, 0.717) is 22.2 Å². The molecule has 2 unspecified atom stereocenters. The maximum Gasteiger partial charge on any atom is 0.319 e. The molecule has 0 saturated carbocycles. The first-order valence-electron chi connectivity index (χ1n) is 9.99. The van der Waals surface area contributed by atoms with Gasteiger partial charge in [0.1, 0.15) is 11.0 Å². The number of hydrogen-bond acceptors (Lipinski definition) is 7. The zero-order valence-corrected chi connectivity index (χ0v) is 20.1. The van der Waals surface area contributed by atoms with Gasteiger partial charge in [0, 0.05) is 27.9 Å². The van der Waals surface area contributed by atoms with Crippen molar-refractivity contribution in [2.45, 2.75) is 26.3 Å². The van der Waals surface area contributed by atoms with Crippen LogP contribution in [-0.4, -0.2) is 33.1 Å². The molecule has 3 amide bonds. The molecule has 2 aromatic carbocycles. The highest BCUT2D eigenvalue weighted by atomic mass is 79.9. The summed E-state index contributed by atoms with van der Waals surface area (Å²) >= 11 is 4.61. The molecule has 3 N–H and O–H groups in total. The minimum atomic E-state index is -0.826. The quantitative estimate of drug-likeness (QED) is 0.274. The predicted molar refractivity (Wildman–Crippen MR) is 130 cm³/mol. The highest BCUT2D eigenvalue weighted by Crippen LogP contribution is 2.27. The molecule has 0 aliphatic rings. The van der Waals surface area contributed by atoms with Crippen LogP contribution in [0.15, 0.2) is 53.0 Å². The number of nitro groups is 1. The van der Waals surface area contributed by atoms with Gasteiger partial charge < -0.3 is 10.6 Å². The highest BCUT2D eigenvalue weighted by Gasteiger charge is 2.27. The molecule has 1 aromatic heterocycles. The predicted octanol–water partition coefficient (Wildman–Crippen LogP) is 5.05. The van der Waals surface area contributed by atoms with Gasteiger partial charge in [-0.05, 0) is 30.2 Å². The molecular weight excluding hydrogens is 512 g/mol. The second-order valence-electron chi connectivity index (χ2n) is 7.17. The molecule has 33 heavy (non-hydrogen) atoms. The fourth-order valence-corrected chi connectivity index (χ4v) is 3.86. The van der Waals surface area contributed by atoms with Crippen LogP contribution in [-0.2, 0) is 4.79 Å². The largest absolute Gasteiger partial charge is 0.326 e. The number of nitro benzene ring substituents is 1. The van der Waals surface area contributed by atoms with E-state index in [2.05, 4.69) is 42.1 Å². The van der Waals surface area contributed by atoms with Gasteiger partial charge in [-0.2, -0.15) is 0 Å². The van der Waals surface area contributed by atoms with Crippen molar-refractivity contribution >= 4 is 55.7 Å². The summed E-state index contributed by atoms with van der Waals surface area (Å²) in [6.45, 7) is 3.77. The van der Waals surface area contributed by atoms with Crippen molar-refractivity contribution in [1.82, 2.24) is 15.5 Å². The maximum atomic E-state index is 12.9. The van der Waals surface area contributed by atoms with Crippen LogP contribution in [0.2, 0.25) is 0 Å². The Morgan fingerprint density at radius 2 is 1.76 bits per heavy atom. The molecule has 12 heteroatoms. The van der Waals surface area contributed by atoms with E-state index in [-0.39, 0.29) is 11.6 Å². The molecule has 0 fully saturated rings. The van der Waals surface area contributed by atoms with Gasteiger partial charge in [0.25, 0.3) is 5.69 Å². The number of rotatable bonds is 8. The number of nitrogens with zero attached hydrogens (tertiary/aromatic N) is 3. The molecule has 0 spiro atoms. The molecule has 0 aliphatic heterocycles. The lowest BCUT2D eigenvalue weighted by Gasteiger charge is -2.23. The molecule has 3 rings (SSSR count). The van der Waals surface area contributed by atoms with Crippen molar-refractivity contribution in [3.63, 3.8) is 0 Å². The minimum Gasteiger partial charge on any atom is -0.326 e. The summed E-state index contributed by atoms with van der Waals surface area (Å²) in [6.07, 6.45) is 0.649. The number of carbonyl (C=O) groups is 2. The minimum absolute atomic E-state index is 0.0858. The number of aromatic nitrogens is 2. The van der Waals surface area contributed by atoms with Gasteiger partial charge in [0.2, 0.25) is 11.0 Å². The van der Waals surface area contributed by atoms with E-state index in [0.717, 1.165) is 10.0 Å². The first-order chi connectivity index (χ1) is 15.8. The molecular formula is C21H21BrN6O4S. The molecule has 0 bridgehead atoms. The van der Waals surface area contributed by atoms with E-state index in [9.17, 15) is 19.7 Å². The molecule has 1 heterocycles. The Bertz CT molecular complexity index is 1140. The van der Waals surface area contributed by atoms with Crippen molar-refractivity contribution in [2.24, 2.45) is 5.92 Å². The fraction of sp³-hybridized carbons (Fsp3) is 0.238. The second kappa shape index (κ2) is 11.0. The van der Waals surface area contributed by atoms with Gasteiger partial charge in [-0.15, -0.1) is 10.2 Å². The summed E-state index contributed by atoms with van der Waals surface area (Å²) in [5.41, 5.74) is 1.15. The van der Waals surface area contributed by atoms with E-state index in [1.807, 2.05) is 38.1 Å². The zero-order chi connectivity index (χ0) is 24.0. The molecule has 0 aliphatic carbocycles. The number of hydrogen-bond donors (Lipinski definition) is 3. The van der Waals surface area contributed by atoms with Crippen LogP contribution in [0.25, 0.3) is 10.6 Å². The summed E-state index contributed by atoms with van der Waals surface area (Å²) in [5.74, 6) is -0.576. The number of amides is 3. The van der Waals surface area contributed by atoms with Gasteiger partial charge >= 0.3 is 6.03 Å². The zero-order valence-electron chi connectivity index (χ0n) is 17.7. The van der Waals surface area contributed by atoms with Crippen LogP contribution in [0, 0.1) is 16.0 Å². The van der Waals surface area contributed by atoms with Crippen molar-refractivity contribution in [1.29, 1.82) is 0 Å². The van der Waals surface area contributed by atoms with Gasteiger partial charge in [-0.25, -0.2) is 4.79 Å². The lowest BCUT2D eigenvalue weighted by Crippen LogP contribution is -2.49.